The zero-order valence-electron chi connectivity index (χ0n) is 14.4. The molecule has 2 aromatic rings. The highest BCUT2D eigenvalue weighted by Crippen LogP contribution is 2.13. The number of carbonyl (C=O) groups excluding carboxylic acids is 2. The van der Waals surface area contributed by atoms with Gasteiger partial charge in [0.15, 0.2) is 6.61 Å². The number of aromatic nitrogens is 2. The first-order valence-electron chi connectivity index (χ1n) is 7.73. The fraction of sp³-hybridized carbons (Fsp3) is 0.278. The monoisotopic (exact) mass is 361 g/mol. The minimum Gasteiger partial charge on any atom is -0.452 e. The number of rotatable bonds is 6. The van der Waals surface area contributed by atoms with E-state index in [0.29, 0.717) is 11.6 Å². The van der Waals surface area contributed by atoms with Crippen LogP contribution in [0.3, 0.4) is 0 Å². The Kier molecular flexibility index (Phi) is 6.36. The smallest absolute Gasteiger partial charge is 0.331 e. The van der Waals surface area contributed by atoms with Crippen molar-refractivity contribution < 1.29 is 14.3 Å². The summed E-state index contributed by atoms with van der Waals surface area (Å²) in [6.07, 6.45) is 2.94. The van der Waals surface area contributed by atoms with E-state index in [9.17, 15) is 9.59 Å². The third-order valence-corrected chi connectivity index (χ3v) is 3.91. The molecule has 0 aliphatic carbocycles. The van der Waals surface area contributed by atoms with Gasteiger partial charge in [-0.15, -0.1) is 0 Å². The van der Waals surface area contributed by atoms with Crippen LogP contribution in [0, 0.1) is 13.8 Å². The van der Waals surface area contributed by atoms with Crippen LogP contribution in [0.4, 0.5) is 0 Å². The molecule has 132 valence electrons. The number of aryl methyl sites for hydroxylation is 2. The molecule has 6 nitrogen and oxygen atoms in total. The number of hydrogen-bond acceptors (Lipinski definition) is 4. The lowest BCUT2D eigenvalue weighted by atomic mass is 10.2. The average Bonchev–Trinajstić information content (AvgIpc) is 2.81. The molecule has 1 N–H and O–H groups in total. The number of nitrogens with zero attached hydrogens (tertiary/aromatic N) is 2. The predicted molar refractivity (Wildman–Crippen MR) is 96.0 cm³/mol. The molecular formula is C18H20ClN3O3. The molecule has 1 heterocycles. The van der Waals surface area contributed by atoms with E-state index in [-0.39, 0.29) is 12.5 Å². The third-order valence-electron chi connectivity index (χ3n) is 3.68. The highest BCUT2D eigenvalue weighted by atomic mass is 35.5. The van der Waals surface area contributed by atoms with Crippen molar-refractivity contribution in [1.29, 1.82) is 0 Å². The van der Waals surface area contributed by atoms with Gasteiger partial charge in [0.2, 0.25) is 0 Å². The summed E-state index contributed by atoms with van der Waals surface area (Å²) in [4.78, 5) is 23.5. The molecule has 0 radical (unpaired) electrons. The summed E-state index contributed by atoms with van der Waals surface area (Å²) in [7, 11) is 1.84. The van der Waals surface area contributed by atoms with Crippen LogP contribution in [0.5, 0.6) is 0 Å². The van der Waals surface area contributed by atoms with E-state index in [4.69, 9.17) is 16.3 Å². The van der Waals surface area contributed by atoms with Gasteiger partial charge in [0.05, 0.1) is 5.69 Å². The number of hydrogen-bond donors (Lipinski definition) is 1. The Morgan fingerprint density at radius 3 is 2.76 bits per heavy atom. The summed E-state index contributed by atoms with van der Waals surface area (Å²) in [5.41, 5.74) is 3.50. The number of halogens is 1. The Morgan fingerprint density at radius 1 is 1.36 bits per heavy atom. The van der Waals surface area contributed by atoms with Crippen LogP contribution >= 0.6 is 11.6 Å². The molecule has 0 unspecified atom stereocenters. The summed E-state index contributed by atoms with van der Waals surface area (Å²) >= 11 is 5.88. The highest BCUT2D eigenvalue weighted by molar-refractivity contribution is 6.30. The fourth-order valence-corrected chi connectivity index (χ4v) is 2.48. The molecule has 0 saturated heterocycles. The van der Waals surface area contributed by atoms with Crippen molar-refractivity contribution >= 4 is 29.6 Å². The molecular weight excluding hydrogens is 342 g/mol. The Morgan fingerprint density at radius 2 is 2.12 bits per heavy atom. The average molecular weight is 362 g/mol. The van der Waals surface area contributed by atoms with Crippen LogP contribution in [0.15, 0.2) is 30.3 Å². The molecule has 2 rings (SSSR count). The summed E-state index contributed by atoms with van der Waals surface area (Å²) in [6.45, 7) is 3.76. The SMILES string of the molecule is Cc1nn(C)c(C)c1/C=C/C(=O)OCC(=O)NCc1cccc(Cl)c1. The topological polar surface area (TPSA) is 73.2 Å². The van der Waals surface area contributed by atoms with Gasteiger partial charge in [-0.05, 0) is 37.6 Å². The summed E-state index contributed by atoms with van der Waals surface area (Å²) in [6, 6.07) is 7.17. The van der Waals surface area contributed by atoms with Gasteiger partial charge in [0, 0.05) is 35.9 Å². The lowest BCUT2D eigenvalue weighted by Crippen LogP contribution is -2.28. The lowest BCUT2D eigenvalue weighted by Gasteiger charge is -2.06. The maximum absolute atomic E-state index is 11.7. The quantitative estimate of drug-likeness (QED) is 0.634. The lowest BCUT2D eigenvalue weighted by molar-refractivity contribution is -0.143. The zero-order valence-corrected chi connectivity index (χ0v) is 15.1. The summed E-state index contributed by atoms with van der Waals surface area (Å²) in [5.74, 6) is -0.962. The minimum atomic E-state index is -0.583. The van der Waals surface area contributed by atoms with Crippen molar-refractivity contribution in [2.24, 2.45) is 7.05 Å². The van der Waals surface area contributed by atoms with E-state index in [1.807, 2.05) is 27.0 Å². The Hall–Kier alpha value is -2.60. The first-order chi connectivity index (χ1) is 11.9. The van der Waals surface area contributed by atoms with Gasteiger partial charge in [0.1, 0.15) is 0 Å². The normalized spacial score (nSPS) is 10.9. The van der Waals surface area contributed by atoms with Crippen molar-refractivity contribution in [3.8, 4) is 0 Å². The maximum Gasteiger partial charge on any atom is 0.331 e. The van der Waals surface area contributed by atoms with Gasteiger partial charge >= 0.3 is 5.97 Å². The number of carbonyl (C=O) groups is 2. The standard InChI is InChI=1S/C18H20ClN3O3/c1-12-16(13(2)22(3)21-12)7-8-18(24)25-11-17(23)20-10-14-5-4-6-15(19)9-14/h4-9H,10-11H2,1-3H3,(H,20,23)/b8-7+. The molecule has 7 heteroatoms. The van der Waals surface area contributed by atoms with Gasteiger partial charge in [-0.1, -0.05) is 23.7 Å². The van der Waals surface area contributed by atoms with Gasteiger partial charge in [-0.3, -0.25) is 9.48 Å². The number of nitrogens with one attached hydrogen (secondary N) is 1. The third kappa shape index (κ3) is 5.46. The maximum atomic E-state index is 11.7. The molecule has 1 aromatic carbocycles. The number of benzene rings is 1. The Labute approximate surface area is 151 Å². The minimum absolute atomic E-state index is 0.320. The van der Waals surface area contributed by atoms with Crippen LogP contribution in [-0.4, -0.2) is 28.3 Å². The van der Waals surface area contributed by atoms with Crippen LogP contribution < -0.4 is 5.32 Å². The van der Waals surface area contributed by atoms with E-state index in [2.05, 4.69) is 10.4 Å². The van der Waals surface area contributed by atoms with Crippen molar-refractivity contribution in [1.82, 2.24) is 15.1 Å². The van der Waals surface area contributed by atoms with E-state index in [1.165, 1.54) is 6.08 Å². The molecule has 0 fully saturated rings. The largest absolute Gasteiger partial charge is 0.452 e. The van der Waals surface area contributed by atoms with Gasteiger partial charge in [0.25, 0.3) is 5.91 Å². The second-order valence-corrected chi connectivity index (χ2v) is 5.99. The van der Waals surface area contributed by atoms with Crippen LogP contribution in [0.25, 0.3) is 6.08 Å². The van der Waals surface area contributed by atoms with Crippen molar-refractivity contribution in [2.75, 3.05) is 6.61 Å². The predicted octanol–water partition coefficient (Wildman–Crippen LogP) is 2.56. The molecule has 1 amide bonds. The molecule has 0 atom stereocenters. The summed E-state index contributed by atoms with van der Waals surface area (Å²) < 4.78 is 6.67. The molecule has 0 aliphatic rings. The van der Waals surface area contributed by atoms with Crippen LogP contribution in [0.2, 0.25) is 5.02 Å². The van der Waals surface area contributed by atoms with E-state index in [0.717, 1.165) is 22.5 Å². The van der Waals surface area contributed by atoms with Crippen molar-refractivity contribution in [2.45, 2.75) is 20.4 Å². The van der Waals surface area contributed by atoms with E-state index in [1.54, 1.807) is 29.0 Å². The number of amides is 1. The van der Waals surface area contributed by atoms with Crippen LogP contribution in [0.1, 0.15) is 22.5 Å². The molecule has 0 bridgehead atoms. The molecule has 1 aromatic heterocycles. The number of ether oxygens (including phenoxy) is 1. The first kappa shape index (κ1) is 18.7. The molecule has 0 spiro atoms. The fourth-order valence-electron chi connectivity index (χ4n) is 2.27. The van der Waals surface area contributed by atoms with Gasteiger partial charge < -0.3 is 10.1 Å². The molecule has 25 heavy (non-hydrogen) atoms. The van der Waals surface area contributed by atoms with Crippen molar-refractivity contribution in [3.05, 3.63) is 57.9 Å². The zero-order chi connectivity index (χ0) is 18.4. The number of esters is 1. The molecule has 0 aliphatic heterocycles. The van der Waals surface area contributed by atoms with Crippen molar-refractivity contribution in [3.63, 3.8) is 0 Å². The van der Waals surface area contributed by atoms with Gasteiger partial charge in [-0.25, -0.2) is 4.79 Å². The van der Waals surface area contributed by atoms with E-state index >= 15 is 0 Å². The Balaban J connectivity index is 1.79. The second kappa shape index (κ2) is 8.48. The second-order valence-electron chi connectivity index (χ2n) is 5.56. The van der Waals surface area contributed by atoms with Crippen LogP contribution in [-0.2, 0) is 27.9 Å². The summed E-state index contributed by atoms with van der Waals surface area (Å²) in [5, 5.41) is 7.53. The van der Waals surface area contributed by atoms with E-state index < -0.39 is 5.97 Å². The van der Waals surface area contributed by atoms with Gasteiger partial charge in [-0.2, -0.15) is 5.10 Å². The molecule has 0 saturated carbocycles. The highest BCUT2D eigenvalue weighted by Gasteiger charge is 2.08. The first-order valence-corrected chi connectivity index (χ1v) is 8.11. The Bertz CT molecular complexity index is 812.